The van der Waals surface area contributed by atoms with E-state index in [1.165, 1.54) is 30.5 Å². The first-order chi connectivity index (χ1) is 17.6. The number of hydrogen-bond donors (Lipinski definition) is 0. The summed E-state index contributed by atoms with van der Waals surface area (Å²) >= 11 is 0. The Hall–Kier alpha value is -3.85. The number of hydrogen-bond acceptors (Lipinski definition) is 5. The van der Waals surface area contributed by atoms with Crippen molar-refractivity contribution in [1.29, 1.82) is 0 Å². The molecule has 0 aliphatic carbocycles. The summed E-state index contributed by atoms with van der Waals surface area (Å²) in [5.74, 6) is -1.86. The molecule has 0 fully saturated rings. The van der Waals surface area contributed by atoms with Crippen LogP contribution in [-0.4, -0.2) is 57.7 Å². The van der Waals surface area contributed by atoms with Gasteiger partial charge in [0.1, 0.15) is 29.5 Å². The molecule has 7 nitrogen and oxygen atoms in total. The van der Waals surface area contributed by atoms with E-state index in [0.29, 0.717) is 35.4 Å². The first kappa shape index (κ1) is 20.5. The fraction of sp³-hybridized carbons (Fsp3) is 0.269. The summed E-state index contributed by atoms with van der Waals surface area (Å²) in [4.78, 5) is 19.6. The zero-order valence-corrected chi connectivity index (χ0v) is 19.5. The van der Waals surface area contributed by atoms with Gasteiger partial charge in [-0.2, -0.15) is 5.10 Å². The van der Waals surface area contributed by atoms with Gasteiger partial charge < -0.3 is 14.5 Å². The van der Waals surface area contributed by atoms with Crippen molar-refractivity contribution in [2.24, 2.45) is 7.05 Å². The van der Waals surface area contributed by atoms with Gasteiger partial charge in [-0.05, 0) is 61.6 Å². The Balaban J connectivity index is 1.48. The fourth-order valence-electron chi connectivity index (χ4n) is 4.07. The van der Waals surface area contributed by atoms with Crippen molar-refractivity contribution in [3.05, 3.63) is 77.2 Å². The van der Waals surface area contributed by atoms with Crippen LogP contribution in [0.3, 0.4) is 0 Å². The third-order valence-electron chi connectivity index (χ3n) is 5.84. The van der Waals surface area contributed by atoms with Crippen LogP contribution in [0.1, 0.15) is 24.4 Å². The maximum Gasteiger partial charge on any atom is 0.256 e. The second-order valence-corrected chi connectivity index (χ2v) is 8.65. The number of nitrogens with zero attached hydrogens (tertiary/aromatic N) is 5. The van der Waals surface area contributed by atoms with Crippen molar-refractivity contribution < 1.29 is 21.1 Å². The topological polar surface area (TPSA) is 63.5 Å². The Morgan fingerprint density at radius 3 is 2.66 bits per heavy atom. The summed E-state index contributed by atoms with van der Waals surface area (Å²) in [7, 11) is 5.64. The monoisotopic (exact) mass is 479 g/mol. The Kier molecular flexibility index (Phi) is 5.32. The van der Waals surface area contributed by atoms with E-state index in [-0.39, 0.29) is 16.8 Å². The lowest BCUT2D eigenvalue weighted by molar-refractivity contribution is 0.0763. The number of likely N-dealkylation sites (N-methyl/N-ethyl adjacent to an activating group) is 1. The molecule has 3 heterocycles. The number of carbonyl (C=O) groups excluding carboxylic acids is 1. The maximum absolute atomic E-state index is 15.3. The van der Waals surface area contributed by atoms with Gasteiger partial charge in [-0.1, -0.05) is 0 Å². The number of pyridine rings is 1. The van der Waals surface area contributed by atoms with Crippen molar-refractivity contribution in [1.82, 2.24) is 24.6 Å². The van der Waals surface area contributed by atoms with Gasteiger partial charge in [-0.15, -0.1) is 0 Å². The first-order valence-electron chi connectivity index (χ1n) is 12.1. The van der Waals surface area contributed by atoms with E-state index in [2.05, 4.69) is 10.1 Å². The summed E-state index contributed by atoms with van der Waals surface area (Å²) in [6.07, 6.45) is 3.13. The highest BCUT2D eigenvalue weighted by molar-refractivity contribution is 5.98. The number of amides is 1. The predicted molar refractivity (Wildman–Crippen MR) is 128 cm³/mol. The molecule has 2 aromatic carbocycles. The molecule has 4 aromatic rings. The van der Waals surface area contributed by atoms with Gasteiger partial charge in [-0.3, -0.25) is 14.5 Å². The Bertz CT molecular complexity index is 1500. The molecule has 0 atom stereocenters. The molecular formula is C26H25F2N5O2. The normalized spacial score (nSPS) is 15.5. The highest BCUT2D eigenvalue weighted by Gasteiger charge is 2.29. The smallest absolute Gasteiger partial charge is 0.256 e. The maximum atomic E-state index is 15.3. The van der Waals surface area contributed by atoms with E-state index in [1.54, 1.807) is 30.1 Å². The molecule has 0 saturated heterocycles. The fourth-order valence-corrected chi connectivity index (χ4v) is 4.07. The summed E-state index contributed by atoms with van der Waals surface area (Å²) in [6, 6.07) is 8.80. The van der Waals surface area contributed by atoms with Crippen LogP contribution in [0.2, 0.25) is 0 Å². The molecule has 0 saturated carbocycles. The molecule has 5 rings (SSSR count). The van der Waals surface area contributed by atoms with Crippen LogP contribution < -0.4 is 4.74 Å². The van der Waals surface area contributed by atoms with Crippen LogP contribution in [-0.2, 0) is 20.1 Å². The molecule has 1 aliphatic rings. The van der Waals surface area contributed by atoms with E-state index in [1.807, 2.05) is 19.0 Å². The van der Waals surface area contributed by atoms with Gasteiger partial charge >= 0.3 is 0 Å². The number of aryl methyl sites for hydroxylation is 1. The lowest BCUT2D eigenvalue weighted by Gasteiger charge is -2.17. The van der Waals surface area contributed by atoms with Crippen molar-refractivity contribution in [3.63, 3.8) is 0 Å². The van der Waals surface area contributed by atoms with Crippen LogP contribution in [0.4, 0.5) is 8.78 Å². The van der Waals surface area contributed by atoms with Crippen molar-refractivity contribution in [2.45, 2.75) is 13.0 Å². The van der Waals surface area contributed by atoms with E-state index in [4.69, 9.17) is 7.48 Å². The number of aromatic nitrogens is 3. The zero-order chi connectivity index (χ0) is 26.5. The van der Waals surface area contributed by atoms with Crippen molar-refractivity contribution >= 4 is 16.8 Å². The Morgan fingerprint density at radius 1 is 1.17 bits per heavy atom. The molecule has 1 aliphatic heterocycles. The Labute approximate surface area is 204 Å². The predicted octanol–water partition coefficient (Wildman–Crippen LogP) is 4.01. The van der Waals surface area contributed by atoms with E-state index < -0.39 is 36.1 Å². The van der Waals surface area contributed by atoms with Crippen LogP contribution >= 0.6 is 0 Å². The summed E-state index contributed by atoms with van der Waals surface area (Å²) in [6.45, 7) is -1.71. The second-order valence-electron chi connectivity index (χ2n) is 8.65. The number of fused-ring (bicyclic) bond motifs is 2. The van der Waals surface area contributed by atoms with Gasteiger partial charge in [0, 0.05) is 36.9 Å². The summed E-state index contributed by atoms with van der Waals surface area (Å²) in [5, 5.41) is 5.14. The average molecular weight is 480 g/mol. The minimum Gasteiger partial charge on any atom is -0.490 e. The standard InChI is InChI=1S/C26H25F2N5O2/c1-31(2)9-10-35-24-7-6-17(19-13-32(3)30-25(19)24)16-11-21(27)20(22(28)12-16)14-33-15-23-18(26(33)34)5-4-8-29-23/h4-8,11-13H,9-10,14-15H2,1-3H3/i15D2. The van der Waals surface area contributed by atoms with Gasteiger partial charge in [0.15, 0.2) is 0 Å². The third kappa shape index (κ3) is 4.35. The molecule has 2 aromatic heterocycles. The second kappa shape index (κ2) is 9.07. The molecular weight excluding hydrogens is 452 g/mol. The molecule has 9 heteroatoms. The lowest BCUT2D eigenvalue weighted by atomic mass is 9.99. The average Bonchev–Trinajstić information content (AvgIpc) is 3.32. The number of ether oxygens (including phenoxy) is 1. The number of halogens is 2. The molecule has 35 heavy (non-hydrogen) atoms. The first-order valence-corrected chi connectivity index (χ1v) is 11.1. The van der Waals surface area contributed by atoms with Gasteiger partial charge in [0.25, 0.3) is 5.91 Å². The van der Waals surface area contributed by atoms with Crippen molar-refractivity contribution in [3.8, 4) is 16.9 Å². The van der Waals surface area contributed by atoms with Crippen LogP contribution in [0.15, 0.2) is 48.8 Å². The molecule has 0 N–H and O–H groups in total. The highest BCUT2D eigenvalue weighted by atomic mass is 19.1. The van der Waals surface area contributed by atoms with E-state index >= 15 is 8.78 Å². The third-order valence-corrected chi connectivity index (χ3v) is 5.84. The molecule has 0 unspecified atom stereocenters. The van der Waals surface area contributed by atoms with Gasteiger partial charge in [-0.25, -0.2) is 8.78 Å². The summed E-state index contributed by atoms with van der Waals surface area (Å²) in [5.41, 5.74) is 1.04. The zero-order valence-electron chi connectivity index (χ0n) is 21.5. The van der Waals surface area contributed by atoms with Crippen LogP contribution in [0, 0.1) is 11.6 Å². The molecule has 0 radical (unpaired) electrons. The Morgan fingerprint density at radius 2 is 1.94 bits per heavy atom. The van der Waals surface area contributed by atoms with Gasteiger partial charge in [0.2, 0.25) is 0 Å². The minimum atomic E-state index is -2.30. The lowest BCUT2D eigenvalue weighted by Crippen LogP contribution is -2.24. The van der Waals surface area contributed by atoms with E-state index in [0.717, 1.165) is 4.90 Å². The van der Waals surface area contributed by atoms with Crippen molar-refractivity contribution in [2.75, 3.05) is 27.2 Å². The molecule has 0 spiro atoms. The van der Waals surface area contributed by atoms with Crippen LogP contribution in [0.5, 0.6) is 5.75 Å². The molecule has 1 amide bonds. The number of benzene rings is 2. The van der Waals surface area contributed by atoms with Gasteiger partial charge in [0.05, 0.1) is 27.0 Å². The van der Waals surface area contributed by atoms with Crippen LogP contribution in [0.25, 0.3) is 22.0 Å². The molecule has 0 bridgehead atoms. The van der Waals surface area contributed by atoms with E-state index in [9.17, 15) is 4.79 Å². The largest absolute Gasteiger partial charge is 0.490 e. The summed E-state index contributed by atoms with van der Waals surface area (Å²) < 4.78 is 54.8. The quantitative estimate of drug-likeness (QED) is 0.401. The minimum absolute atomic E-state index is 0.0655. The SMILES string of the molecule is [2H]C1([2H])c2ncccc2C(=O)N1Cc1c(F)cc(-c2ccc(OCCN(C)C)c3nn(C)cc23)cc1F. The number of carbonyl (C=O) groups is 1. The molecule has 180 valence electrons. The highest BCUT2D eigenvalue weighted by Crippen LogP contribution is 2.35. The number of rotatable bonds is 7.